The Morgan fingerprint density at radius 2 is 1.26 bits per heavy atom. The number of aromatic hydroxyl groups is 1. The van der Waals surface area contributed by atoms with E-state index in [4.69, 9.17) is 9.47 Å². The van der Waals surface area contributed by atoms with Gasteiger partial charge in [-0.15, -0.1) is 0 Å². The highest BCUT2D eigenvalue weighted by Crippen LogP contribution is 2.23. The van der Waals surface area contributed by atoms with Crippen molar-refractivity contribution < 1.29 is 24.2 Å². The fourth-order valence-electron chi connectivity index (χ4n) is 2.57. The van der Waals surface area contributed by atoms with Crippen molar-refractivity contribution in [3.05, 3.63) is 83.9 Å². The molecule has 3 aromatic rings. The lowest BCUT2D eigenvalue weighted by Gasteiger charge is -2.10. The van der Waals surface area contributed by atoms with Crippen molar-refractivity contribution >= 4 is 24.6 Å². The molecule has 1 unspecified atom stereocenters. The van der Waals surface area contributed by atoms with E-state index in [1.54, 1.807) is 67.6 Å². The van der Waals surface area contributed by atoms with Gasteiger partial charge in [0.15, 0.2) is 0 Å². The van der Waals surface area contributed by atoms with Gasteiger partial charge in [0.25, 0.3) is 0 Å². The summed E-state index contributed by atoms with van der Waals surface area (Å²) < 4.78 is 10.6. The summed E-state index contributed by atoms with van der Waals surface area (Å²) in [6.45, 7) is 5.76. The lowest BCUT2D eigenvalue weighted by molar-refractivity contribution is 0.0386. The second-order valence-corrected chi connectivity index (χ2v) is 6.80. The average molecular weight is 439 g/mol. The molecule has 162 valence electrons. The Balaban J connectivity index is 0.00000166. The van der Waals surface area contributed by atoms with E-state index in [0.29, 0.717) is 22.6 Å². The molecular weight excluding hydrogens is 412 g/mol. The van der Waals surface area contributed by atoms with Crippen LogP contribution in [0.4, 0.5) is 0 Å². The van der Waals surface area contributed by atoms with Gasteiger partial charge >= 0.3 is 11.9 Å². The molecule has 0 aliphatic carbocycles. The Morgan fingerprint density at radius 1 is 0.806 bits per heavy atom. The lowest BCUT2D eigenvalue weighted by Crippen LogP contribution is -2.16. The third-order valence-electron chi connectivity index (χ3n) is 4.19. The van der Waals surface area contributed by atoms with Crippen molar-refractivity contribution in [2.75, 3.05) is 5.75 Å². The number of thiol groups is 1. The maximum atomic E-state index is 12.4. The van der Waals surface area contributed by atoms with Crippen molar-refractivity contribution in [3.8, 4) is 22.6 Å². The quantitative estimate of drug-likeness (QED) is 0.290. The molecule has 0 aliphatic rings. The van der Waals surface area contributed by atoms with Gasteiger partial charge < -0.3 is 14.6 Å². The van der Waals surface area contributed by atoms with Crippen LogP contribution in [0.3, 0.4) is 0 Å². The second-order valence-electron chi connectivity index (χ2n) is 6.44. The molecule has 1 atom stereocenters. The van der Waals surface area contributed by atoms with Crippen LogP contribution in [0.25, 0.3) is 11.1 Å². The molecule has 5 nitrogen and oxygen atoms in total. The number of esters is 2. The Morgan fingerprint density at radius 3 is 1.77 bits per heavy atom. The van der Waals surface area contributed by atoms with Crippen LogP contribution in [-0.4, -0.2) is 28.9 Å². The number of hydrogen-bond acceptors (Lipinski definition) is 6. The summed E-state index contributed by atoms with van der Waals surface area (Å²) in [6.07, 6.45) is -0.284. The van der Waals surface area contributed by atoms with E-state index in [9.17, 15) is 14.7 Å². The molecule has 0 aromatic heterocycles. The number of benzene rings is 3. The third-order valence-corrected chi connectivity index (χ3v) is 4.70. The number of carbonyl (C=O) groups excluding carboxylic acids is 2. The molecule has 1 N–H and O–H groups in total. The highest BCUT2D eigenvalue weighted by Gasteiger charge is 2.13. The predicted molar refractivity (Wildman–Crippen MR) is 125 cm³/mol. The number of hydrogen-bond donors (Lipinski definition) is 2. The zero-order valence-corrected chi connectivity index (χ0v) is 18.6. The number of phenolic OH excluding ortho intramolecular Hbond substituents is 1. The van der Waals surface area contributed by atoms with Gasteiger partial charge in [-0.05, 0) is 66.6 Å². The fraction of sp³-hybridized carbons (Fsp3) is 0.200. The van der Waals surface area contributed by atoms with Gasteiger partial charge in [0.1, 0.15) is 17.6 Å². The Labute approximate surface area is 188 Å². The van der Waals surface area contributed by atoms with E-state index in [1.165, 1.54) is 0 Å². The van der Waals surface area contributed by atoms with Crippen molar-refractivity contribution in [2.24, 2.45) is 0 Å². The normalized spacial score (nSPS) is 11.0. The zero-order valence-electron chi connectivity index (χ0n) is 17.7. The topological polar surface area (TPSA) is 72.8 Å². The van der Waals surface area contributed by atoms with Crippen LogP contribution in [0.5, 0.6) is 11.5 Å². The summed E-state index contributed by atoms with van der Waals surface area (Å²) in [7, 11) is 0. The SMILES string of the molecule is CC.CC(CS)OC(=O)c1ccc(OC(=O)c2ccc(-c3ccc(O)cc3)cc2)cc1. The van der Waals surface area contributed by atoms with Crippen LogP contribution in [0.1, 0.15) is 41.5 Å². The largest absolute Gasteiger partial charge is 0.508 e. The molecule has 3 rings (SSSR count). The van der Waals surface area contributed by atoms with E-state index >= 15 is 0 Å². The first-order chi connectivity index (χ1) is 15.0. The summed E-state index contributed by atoms with van der Waals surface area (Å²) in [5.74, 6) is 0.0175. The minimum Gasteiger partial charge on any atom is -0.508 e. The third kappa shape index (κ3) is 6.89. The van der Waals surface area contributed by atoms with Gasteiger partial charge in [-0.25, -0.2) is 9.59 Å². The summed E-state index contributed by atoms with van der Waals surface area (Å²) in [4.78, 5) is 24.3. The molecule has 0 heterocycles. The van der Waals surface area contributed by atoms with Crippen molar-refractivity contribution in [1.29, 1.82) is 0 Å². The number of phenols is 1. The van der Waals surface area contributed by atoms with Crippen LogP contribution in [0.15, 0.2) is 72.8 Å². The Bertz CT molecular complexity index is 980. The van der Waals surface area contributed by atoms with E-state index in [2.05, 4.69) is 12.6 Å². The van der Waals surface area contributed by atoms with Gasteiger partial charge in [-0.3, -0.25) is 0 Å². The highest BCUT2D eigenvalue weighted by atomic mass is 32.1. The minimum absolute atomic E-state index is 0.199. The van der Waals surface area contributed by atoms with Crippen LogP contribution in [0, 0.1) is 0 Å². The maximum absolute atomic E-state index is 12.4. The van der Waals surface area contributed by atoms with E-state index in [1.807, 2.05) is 26.0 Å². The Hall–Kier alpha value is -3.25. The standard InChI is InChI=1S/C23H20O5S.C2H6/c1-15(14-29)27-22(25)19-8-12-21(13-9-19)28-23(26)18-4-2-16(3-5-18)17-6-10-20(24)11-7-17;1-2/h2-13,15,24,29H,14H2,1H3;1-2H3. The van der Waals surface area contributed by atoms with Crippen molar-refractivity contribution in [2.45, 2.75) is 26.9 Å². The van der Waals surface area contributed by atoms with E-state index < -0.39 is 11.9 Å². The molecule has 0 radical (unpaired) electrons. The Kier molecular flexibility index (Phi) is 9.15. The van der Waals surface area contributed by atoms with E-state index in [-0.39, 0.29) is 11.9 Å². The molecule has 31 heavy (non-hydrogen) atoms. The van der Waals surface area contributed by atoms with Gasteiger partial charge in [0.05, 0.1) is 11.1 Å². The molecule has 0 amide bonds. The van der Waals surface area contributed by atoms with Crippen molar-refractivity contribution in [3.63, 3.8) is 0 Å². The molecule has 0 aliphatic heterocycles. The minimum atomic E-state index is -0.499. The summed E-state index contributed by atoms with van der Waals surface area (Å²) in [6, 6.07) is 20.0. The van der Waals surface area contributed by atoms with Crippen LogP contribution < -0.4 is 4.74 Å². The fourth-order valence-corrected chi connectivity index (χ4v) is 2.64. The van der Waals surface area contributed by atoms with Crippen LogP contribution >= 0.6 is 12.6 Å². The molecule has 0 spiro atoms. The monoisotopic (exact) mass is 438 g/mol. The van der Waals surface area contributed by atoms with Gasteiger partial charge in [-0.2, -0.15) is 12.6 Å². The molecule has 6 heteroatoms. The molecular formula is C25H26O5S. The van der Waals surface area contributed by atoms with Gasteiger partial charge in [-0.1, -0.05) is 38.1 Å². The van der Waals surface area contributed by atoms with E-state index in [0.717, 1.165) is 11.1 Å². The number of carbonyl (C=O) groups is 2. The van der Waals surface area contributed by atoms with Crippen LogP contribution in [0.2, 0.25) is 0 Å². The molecule has 0 bridgehead atoms. The predicted octanol–water partition coefficient (Wildman–Crippen LogP) is 5.78. The first-order valence-corrected chi connectivity index (χ1v) is 10.6. The smallest absolute Gasteiger partial charge is 0.343 e. The number of ether oxygens (including phenoxy) is 2. The first kappa shape index (κ1) is 24.0. The first-order valence-electron chi connectivity index (χ1n) is 10.00. The summed E-state index contributed by atoms with van der Waals surface area (Å²) >= 11 is 4.08. The average Bonchev–Trinajstić information content (AvgIpc) is 2.81. The highest BCUT2D eigenvalue weighted by molar-refractivity contribution is 7.80. The maximum Gasteiger partial charge on any atom is 0.343 e. The van der Waals surface area contributed by atoms with Crippen LogP contribution in [-0.2, 0) is 4.74 Å². The summed E-state index contributed by atoms with van der Waals surface area (Å²) in [5.41, 5.74) is 2.62. The lowest BCUT2D eigenvalue weighted by atomic mass is 10.0. The molecule has 0 fully saturated rings. The molecule has 3 aromatic carbocycles. The molecule has 0 saturated heterocycles. The van der Waals surface area contributed by atoms with Gasteiger partial charge in [0, 0.05) is 5.75 Å². The van der Waals surface area contributed by atoms with Crippen molar-refractivity contribution in [1.82, 2.24) is 0 Å². The second kappa shape index (κ2) is 11.8. The summed E-state index contributed by atoms with van der Waals surface area (Å²) in [5, 5.41) is 9.37. The van der Waals surface area contributed by atoms with Gasteiger partial charge in [0.2, 0.25) is 0 Å². The molecule has 0 saturated carbocycles. The zero-order chi connectivity index (χ0) is 22.8. The number of rotatable bonds is 6.